The SMILES string of the molecule is CC12CC[C@H]3C(CC[C@]4(O)C[C@@H](O)CCC34C)C1(O)CCC2c1ccc(=O)oc1. The number of aliphatic hydroxyl groups is 3. The molecule has 1 heterocycles. The van der Waals surface area contributed by atoms with E-state index in [1.807, 2.05) is 6.07 Å². The molecule has 0 spiro atoms. The zero-order valence-electron chi connectivity index (χ0n) is 17.6. The van der Waals surface area contributed by atoms with Gasteiger partial charge < -0.3 is 19.7 Å². The van der Waals surface area contributed by atoms with Crippen LogP contribution in [0.1, 0.15) is 83.1 Å². The second-order valence-electron chi connectivity index (χ2n) is 11.0. The summed E-state index contributed by atoms with van der Waals surface area (Å²) in [5.41, 5.74) is -1.41. The lowest BCUT2D eigenvalue weighted by atomic mass is 9.42. The summed E-state index contributed by atoms with van der Waals surface area (Å²) in [4.78, 5) is 11.4. The van der Waals surface area contributed by atoms with Gasteiger partial charge in [0.15, 0.2) is 0 Å². The lowest BCUT2D eigenvalue weighted by molar-refractivity contribution is -0.253. The molecule has 29 heavy (non-hydrogen) atoms. The lowest BCUT2D eigenvalue weighted by Crippen LogP contribution is -2.67. The molecule has 4 saturated carbocycles. The monoisotopic (exact) mass is 402 g/mol. The summed E-state index contributed by atoms with van der Waals surface area (Å²) in [6.45, 7) is 4.43. The Labute approximate surface area is 172 Å². The first-order valence-electron chi connectivity index (χ1n) is 11.3. The second-order valence-corrected chi connectivity index (χ2v) is 11.0. The molecular weight excluding hydrogens is 368 g/mol. The molecule has 0 aliphatic heterocycles. The van der Waals surface area contributed by atoms with Crippen molar-refractivity contribution in [1.82, 2.24) is 0 Å². The van der Waals surface area contributed by atoms with Gasteiger partial charge in [-0.15, -0.1) is 0 Å². The van der Waals surface area contributed by atoms with Crippen molar-refractivity contribution in [3.63, 3.8) is 0 Å². The molecule has 8 atom stereocenters. The molecule has 0 aromatic carbocycles. The molecule has 1 aromatic heterocycles. The molecule has 0 amide bonds. The van der Waals surface area contributed by atoms with E-state index in [1.165, 1.54) is 6.07 Å². The van der Waals surface area contributed by atoms with E-state index in [-0.39, 0.29) is 34.2 Å². The number of hydrogen-bond acceptors (Lipinski definition) is 5. The fourth-order valence-corrected chi connectivity index (χ4v) is 8.30. The van der Waals surface area contributed by atoms with Gasteiger partial charge in [0.25, 0.3) is 0 Å². The van der Waals surface area contributed by atoms with Gasteiger partial charge in [-0.25, -0.2) is 4.79 Å². The Morgan fingerprint density at radius 3 is 2.38 bits per heavy atom. The summed E-state index contributed by atoms with van der Waals surface area (Å²) in [6.07, 6.45) is 8.22. The van der Waals surface area contributed by atoms with Crippen molar-refractivity contribution in [2.75, 3.05) is 0 Å². The van der Waals surface area contributed by atoms with Gasteiger partial charge in [0.05, 0.1) is 23.6 Å². The molecular formula is C24H34O5. The zero-order valence-corrected chi connectivity index (χ0v) is 17.6. The van der Waals surface area contributed by atoms with Crippen LogP contribution in [0.15, 0.2) is 27.6 Å². The molecule has 5 rings (SSSR count). The summed E-state index contributed by atoms with van der Waals surface area (Å²) in [6, 6.07) is 3.35. The number of fused-ring (bicyclic) bond motifs is 5. The first kappa shape index (κ1) is 19.8. The van der Waals surface area contributed by atoms with Crippen LogP contribution in [0.2, 0.25) is 0 Å². The lowest BCUT2D eigenvalue weighted by Gasteiger charge is -2.66. The fourth-order valence-electron chi connectivity index (χ4n) is 8.30. The van der Waals surface area contributed by atoms with Crippen LogP contribution >= 0.6 is 0 Å². The van der Waals surface area contributed by atoms with Crippen molar-refractivity contribution in [1.29, 1.82) is 0 Å². The molecule has 4 aliphatic rings. The molecule has 0 radical (unpaired) electrons. The molecule has 5 unspecified atom stereocenters. The Morgan fingerprint density at radius 2 is 1.66 bits per heavy atom. The highest BCUT2D eigenvalue weighted by Crippen LogP contribution is 2.71. The van der Waals surface area contributed by atoms with Crippen LogP contribution in [-0.4, -0.2) is 32.6 Å². The van der Waals surface area contributed by atoms with Crippen LogP contribution < -0.4 is 5.63 Å². The summed E-state index contributed by atoms with van der Waals surface area (Å²) in [5.74, 6) is 0.626. The summed E-state index contributed by atoms with van der Waals surface area (Å²) in [7, 11) is 0. The molecule has 4 aliphatic carbocycles. The van der Waals surface area contributed by atoms with Crippen LogP contribution in [0.5, 0.6) is 0 Å². The van der Waals surface area contributed by atoms with Gasteiger partial charge in [-0.3, -0.25) is 0 Å². The number of rotatable bonds is 1. The number of aliphatic hydroxyl groups excluding tert-OH is 1. The third-order valence-corrected chi connectivity index (χ3v) is 10.1. The van der Waals surface area contributed by atoms with Crippen molar-refractivity contribution in [3.05, 3.63) is 34.4 Å². The zero-order chi connectivity index (χ0) is 20.7. The average Bonchev–Trinajstić information content (AvgIpc) is 2.95. The summed E-state index contributed by atoms with van der Waals surface area (Å²) in [5, 5.41) is 33.9. The van der Waals surface area contributed by atoms with E-state index in [1.54, 1.807) is 6.26 Å². The van der Waals surface area contributed by atoms with E-state index in [2.05, 4.69) is 13.8 Å². The minimum absolute atomic E-state index is 0.169. The average molecular weight is 403 g/mol. The molecule has 5 nitrogen and oxygen atoms in total. The minimum atomic E-state index is -0.823. The maximum atomic E-state index is 12.2. The Kier molecular flexibility index (Phi) is 4.21. The van der Waals surface area contributed by atoms with E-state index < -0.39 is 17.3 Å². The van der Waals surface area contributed by atoms with Gasteiger partial charge in [0.1, 0.15) is 0 Å². The Bertz CT molecular complexity index is 845. The van der Waals surface area contributed by atoms with Crippen LogP contribution in [0, 0.1) is 22.7 Å². The molecule has 4 fully saturated rings. The fraction of sp³-hybridized carbons (Fsp3) is 0.792. The van der Waals surface area contributed by atoms with Crippen molar-refractivity contribution in [3.8, 4) is 0 Å². The standard InChI is InChI=1S/C24H34O5/c1-21-9-5-16(25)13-23(21,27)11-7-19-18(21)6-10-22(2)17(8-12-24(19,22)28)15-3-4-20(26)29-14-15/h3-4,14,16-19,25,27-28H,5-13H2,1-2H3/t16-,17?,18-,19?,21?,22?,23-,24?/m0/s1. The molecule has 5 heteroatoms. The van der Waals surface area contributed by atoms with E-state index in [9.17, 15) is 20.1 Å². The molecule has 3 N–H and O–H groups in total. The van der Waals surface area contributed by atoms with Crippen LogP contribution in [-0.2, 0) is 0 Å². The minimum Gasteiger partial charge on any atom is -0.431 e. The topological polar surface area (TPSA) is 90.9 Å². The second kappa shape index (κ2) is 6.18. The Morgan fingerprint density at radius 1 is 0.931 bits per heavy atom. The predicted octanol–water partition coefficient (Wildman–Crippen LogP) is 3.36. The first-order valence-corrected chi connectivity index (χ1v) is 11.3. The van der Waals surface area contributed by atoms with Gasteiger partial charge in [-0.05, 0) is 86.2 Å². The van der Waals surface area contributed by atoms with Crippen LogP contribution in [0.4, 0.5) is 0 Å². The predicted molar refractivity (Wildman–Crippen MR) is 108 cm³/mol. The van der Waals surface area contributed by atoms with E-state index in [0.717, 1.165) is 50.5 Å². The summed E-state index contributed by atoms with van der Waals surface area (Å²) >= 11 is 0. The van der Waals surface area contributed by atoms with Crippen molar-refractivity contribution in [2.45, 2.75) is 94.9 Å². The van der Waals surface area contributed by atoms with Gasteiger partial charge in [0.2, 0.25) is 0 Å². The molecule has 1 aromatic rings. The van der Waals surface area contributed by atoms with Crippen LogP contribution in [0.25, 0.3) is 0 Å². The van der Waals surface area contributed by atoms with Crippen molar-refractivity contribution >= 4 is 0 Å². The van der Waals surface area contributed by atoms with Gasteiger partial charge in [-0.2, -0.15) is 0 Å². The Hall–Kier alpha value is -1.17. The molecule has 0 bridgehead atoms. The van der Waals surface area contributed by atoms with Crippen molar-refractivity contribution < 1.29 is 19.7 Å². The third kappa shape index (κ3) is 2.47. The smallest absolute Gasteiger partial charge is 0.335 e. The summed E-state index contributed by atoms with van der Waals surface area (Å²) < 4.78 is 5.15. The van der Waals surface area contributed by atoms with E-state index >= 15 is 0 Å². The first-order chi connectivity index (χ1) is 13.6. The highest BCUT2D eigenvalue weighted by molar-refractivity contribution is 5.27. The molecule has 160 valence electrons. The highest BCUT2D eigenvalue weighted by Gasteiger charge is 2.69. The third-order valence-electron chi connectivity index (χ3n) is 10.1. The highest BCUT2D eigenvalue weighted by atomic mass is 16.4. The Balaban J connectivity index is 1.50. The van der Waals surface area contributed by atoms with Gasteiger partial charge in [0, 0.05) is 17.9 Å². The number of hydrogen-bond donors (Lipinski definition) is 3. The van der Waals surface area contributed by atoms with E-state index in [4.69, 9.17) is 4.42 Å². The van der Waals surface area contributed by atoms with Gasteiger partial charge >= 0.3 is 5.63 Å². The van der Waals surface area contributed by atoms with E-state index in [0.29, 0.717) is 12.8 Å². The van der Waals surface area contributed by atoms with Crippen LogP contribution in [0.3, 0.4) is 0 Å². The van der Waals surface area contributed by atoms with Gasteiger partial charge in [-0.1, -0.05) is 13.8 Å². The largest absolute Gasteiger partial charge is 0.431 e. The van der Waals surface area contributed by atoms with Crippen molar-refractivity contribution in [2.24, 2.45) is 22.7 Å². The maximum absolute atomic E-state index is 12.2. The normalized spacial score (nSPS) is 51.8. The maximum Gasteiger partial charge on any atom is 0.335 e. The quantitative estimate of drug-likeness (QED) is 0.670. The molecule has 0 saturated heterocycles.